The van der Waals surface area contributed by atoms with E-state index in [1.807, 2.05) is 0 Å². The van der Waals surface area contributed by atoms with Crippen LogP contribution in [0.1, 0.15) is 38.5 Å². The monoisotopic (exact) mass is 237 g/mol. The third-order valence-electron chi connectivity index (χ3n) is 4.77. The Kier molecular flexibility index (Phi) is 3.99. The van der Waals surface area contributed by atoms with Gasteiger partial charge >= 0.3 is 0 Å². The lowest BCUT2D eigenvalue weighted by Crippen LogP contribution is -2.35. The van der Waals surface area contributed by atoms with Crippen LogP contribution >= 0.6 is 0 Å². The molecule has 3 fully saturated rings. The third kappa shape index (κ3) is 3.21. The largest absolute Gasteiger partial charge is 0.314 e. The van der Waals surface area contributed by atoms with Crippen LogP contribution < -0.4 is 10.6 Å². The second-order valence-electron chi connectivity index (χ2n) is 6.24. The standard InChI is InChI=1S/C14H27N3/c1-2-7-17(6-1)11-14-9-12(10-16-14)8-13-4-3-5-15-13/h12-16H,1-11H2/t12?,13-,14+/m0/s1. The first-order valence-corrected chi connectivity index (χ1v) is 7.59. The molecule has 98 valence electrons. The van der Waals surface area contributed by atoms with Crippen molar-refractivity contribution in [2.24, 2.45) is 5.92 Å². The first-order valence-electron chi connectivity index (χ1n) is 7.59. The lowest BCUT2D eigenvalue weighted by molar-refractivity contribution is 0.299. The predicted octanol–water partition coefficient (Wildman–Crippen LogP) is 1.20. The van der Waals surface area contributed by atoms with E-state index in [0.29, 0.717) is 0 Å². The molecule has 1 unspecified atom stereocenters. The highest BCUT2D eigenvalue weighted by Crippen LogP contribution is 2.23. The molecular weight excluding hydrogens is 210 g/mol. The molecule has 17 heavy (non-hydrogen) atoms. The maximum atomic E-state index is 3.74. The third-order valence-corrected chi connectivity index (χ3v) is 4.77. The number of hydrogen-bond donors (Lipinski definition) is 2. The van der Waals surface area contributed by atoms with E-state index >= 15 is 0 Å². The molecule has 3 aliphatic rings. The van der Waals surface area contributed by atoms with Crippen molar-refractivity contribution in [1.82, 2.24) is 15.5 Å². The Hall–Kier alpha value is -0.120. The molecule has 0 radical (unpaired) electrons. The molecule has 2 N–H and O–H groups in total. The highest BCUT2D eigenvalue weighted by atomic mass is 15.2. The molecule has 0 aromatic carbocycles. The number of nitrogens with zero attached hydrogens (tertiary/aromatic N) is 1. The number of rotatable bonds is 4. The van der Waals surface area contributed by atoms with E-state index in [2.05, 4.69) is 15.5 Å². The maximum absolute atomic E-state index is 3.74. The Morgan fingerprint density at radius 2 is 1.88 bits per heavy atom. The molecule has 0 spiro atoms. The van der Waals surface area contributed by atoms with Gasteiger partial charge in [0.1, 0.15) is 0 Å². The molecule has 0 aromatic rings. The highest BCUT2D eigenvalue weighted by molar-refractivity contribution is 4.88. The van der Waals surface area contributed by atoms with Crippen LogP contribution in [-0.2, 0) is 0 Å². The van der Waals surface area contributed by atoms with E-state index in [9.17, 15) is 0 Å². The molecule has 3 rings (SSSR count). The summed E-state index contributed by atoms with van der Waals surface area (Å²) >= 11 is 0. The lowest BCUT2D eigenvalue weighted by atomic mass is 9.96. The molecule has 0 aromatic heterocycles. The summed E-state index contributed by atoms with van der Waals surface area (Å²) in [5, 5.41) is 7.37. The van der Waals surface area contributed by atoms with Gasteiger partial charge in [0.2, 0.25) is 0 Å². The molecule has 0 bridgehead atoms. The van der Waals surface area contributed by atoms with Crippen LogP contribution in [0.2, 0.25) is 0 Å². The van der Waals surface area contributed by atoms with Gasteiger partial charge in [-0.05, 0) is 70.6 Å². The van der Waals surface area contributed by atoms with Gasteiger partial charge in [-0.25, -0.2) is 0 Å². The summed E-state index contributed by atoms with van der Waals surface area (Å²) in [7, 11) is 0. The summed E-state index contributed by atoms with van der Waals surface area (Å²) in [6, 6.07) is 1.60. The van der Waals surface area contributed by atoms with Crippen LogP contribution in [0.4, 0.5) is 0 Å². The minimum atomic E-state index is 0.777. The van der Waals surface area contributed by atoms with Crippen LogP contribution in [0.5, 0.6) is 0 Å². The minimum absolute atomic E-state index is 0.777. The maximum Gasteiger partial charge on any atom is 0.0198 e. The van der Waals surface area contributed by atoms with E-state index < -0.39 is 0 Å². The van der Waals surface area contributed by atoms with Crippen LogP contribution in [0.3, 0.4) is 0 Å². The van der Waals surface area contributed by atoms with E-state index in [0.717, 1.165) is 18.0 Å². The summed E-state index contributed by atoms with van der Waals surface area (Å²) in [5.41, 5.74) is 0. The topological polar surface area (TPSA) is 27.3 Å². The van der Waals surface area contributed by atoms with Crippen molar-refractivity contribution in [3.05, 3.63) is 0 Å². The Balaban J connectivity index is 1.38. The molecule has 3 atom stereocenters. The number of likely N-dealkylation sites (tertiary alicyclic amines) is 1. The Morgan fingerprint density at radius 1 is 1.00 bits per heavy atom. The van der Waals surface area contributed by atoms with Gasteiger partial charge in [0.25, 0.3) is 0 Å². The van der Waals surface area contributed by atoms with Crippen molar-refractivity contribution in [3.63, 3.8) is 0 Å². The molecule has 0 saturated carbocycles. The summed E-state index contributed by atoms with van der Waals surface area (Å²) in [6.45, 7) is 6.49. The zero-order valence-corrected chi connectivity index (χ0v) is 11.0. The van der Waals surface area contributed by atoms with Crippen molar-refractivity contribution in [2.45, 2.75) is 50.6 Å². The smallest absolute Gasteiger partial charge is 0.0198 e. The highest BCUT2D eigenvalue weighted by Gasteiger charge is 2.28. The molecular formula is C14H27N3. The zero-order valence-electron chi connectivity index (χ0n) is 11.0. The van der Waals surface area contributed by atoms with Crippen LogP contribution in [0, 0.1) is 5.92 Å². The summed E-state index contributed by atoms with van der Waals surface area (Å²) in [6.07, 6.45) is 8.46. The lowest BCUT2D eigenvalue weighted by Gasteiger charge is -2.20. The SMILES string of the molecule is C1CN[C@H](CC2CN[C@@H](CN3CCCC3)C2)C1. The Labute approximate surface area is 105 Å². The normalized spacial score (nSPS) is 39.2. The Bertz CT molecular complexity index is 208. The van der Waals surface area contributed by atoms with Crippen molar-refractivity contribution in [3.8, 4) is 0 Å². The summed E-state index contributed by atoms with van der Waals surface area (Å²) < 4.78 is 0. The zero-order chi connectivity index (χ0) is 11.5. The first kappa shape index (κ1) is 11.9. The van der Waals surface area contributed by atoms with Crippen LogP contribution in [-0.4, -0.2) is 49.7 Å². The summed E-state index contributed by atoms with van der Waals surface area (Å²) in [5.74, 6) is 0.929. The van der Waals surface area contributed by atoms with Crippen LogP contribution in [0.15, 0.2) is 0 Å². The number of nitrogens with one attached hydrogen (secondary N) is 2. The van der Waals surface area contributed by atoms with Gasteiger partial charge in [-0.3, -0.25) is 0 Å². The van der Waals surface area contributed by atoms with Gasteiger partial charge in [0, 0.05) is 18.6 Å². The van der Waals surface area contributed by atoms with Gasteiger partial charge in [-0.15, -0.1) is 0 Å². The molecule has 3 saturated heterocycles. The predicted molar refractivity (Wildman–Crippen MR) is 71.2 cm³/mol. The van der Waals surface area contributed by atoms with Crippen molar-refractivity contribution in [1.29, 1.82) is 0 Å². The first-order chi connectivity index (χ1) is 8.40. The summed E-state index contributed by atoms with van der Waals surface area (Å²) in [4.78, 5) is 2.65. The van der Waals surface area contributed by atoms with Gasteiger partial charge in [-0.2, -0.15) is 0 Å². The van der Waals surface area contributed by atoms with Crippen molar-refractivity contribution < 1.29 is 0 Å². The molecule has 3 aliphatic heterocycles. The average molecular weight is 237 g/mol. The second kappa shape index (κ2) is 5.68. The van der Waals surface area contributed by atoms with Gasteiger partial charge in [0.15, 0.2) is 0 Å². The van der Waals surface area contributed by atoms with Gasteiger partial charge in [0.05, 0.1) is 0 Å². The minimum Gasteiger partial charge on any atom is -0.314 e. The van der Waals surface area contributed by atoms with E-state index in [4.69, 9.17) is 0 Å². The molecule has 0 amide bonds. The fourth-order valence-corrected chi connectivity index (χ4v) is 3.86. The average Bonchev–Trinajstić information content (AvgIpc) is 3.02. The van der Waals surface area contributed by atoms with Crippen molar-refractivity contribution in [2.75, 3.05) is 32.7 Å². The van der Waals surface area contributed by atoms with E-state index in [1.54, 1.807) is 0 Å². The molecule has 0 aliphatic carbocycles. The second-order valence-corrected chi connectivity index (χ2v) is 6.24. The quantitative estimate of drug-likeness (QED) is 0.769. The Morgan fingerprint density at radius 3 is 2.65 bits per heavy atom. The van der Waals surface area contributed by atoms with Crippen molar-refractivity contribution >= 4 is 0 Å². The molecule has 3 heterocycles. The van der Waals surface area contributed by atoms with Gasteiger partial charge < -0.3 is 15.5 Å². The van der Waals surface area contributed by atoms with Crippen LogP contribution in [0.25, 0.3) is 0 Å². The fraction of sp³-hybridized carbons (Fsp3) is 1.00. The molecule has 3 heteroatoms. The fourth-order valence-electron chi connectivity index (χ4n) is 3.86. The van der Waals surface area contributed by atoms with E-state index in [-0.39, 0.29) is 0 Å². The van der Waals surface area contributed by atoms with E-state index in [1.165, 1.54) is 71.2 Å². The van der Waals surface area contributed by atoms with Gasteiger partial charge in [-0.1, -0.05) is 0 Å². The molecule has 3 nitrogen and oxygen atoms in total. The number of hydrogen-bond acceptors (Lipinski definition) is 3.